The summed E-state index contributed by atoms with van der Waals surface area (Å²) in [6.07, 6.45) is 9.35. The average Bonchev–Trinajstić information content (AvgIpc) is 3.27. The Balaban J connectivity index is 1.85. The topological polar surface area (TPSA) is 75.8 Å². The molecule has 1 aliphatic rings. The van der Waals surface area contributed by atoms with Crippen LogP contribution in [0.25, 0.3) is 5.69 Å². The summed E-state index contributed by atoms with van der Waals surface area (Å²) in [7, 11) is 0. The molecule has 0 radical (unpaired) electrons. The number of nitrogens with zero attached hydrogens (tertiary/aromatic N) is 6. The number of ether oxygens (including phenoxy) is 1. The second kappa shape index (κ2) is 11.8. The molecule has 2 aromatic rings. The number of aromatic nitrogens is 3. The van der Waals surface area contributed by atoms with Gasteiger partial charge in [0.2, 0.25) is 0 Å². The van der Waals surface area contributed by atoms with Crippen molar-refractivity contribution >= 4 is 23.5 Å². The molecule has 34 heavy (non-hydrogen) atoms. The van der Waals surface area contributed by atoms with E-state index >= 15 is 0 Å². The smallest absolute Gasteiger partial charge is 0.297 e. The quantitative estimate of drug-likeness (QED) is 0.269. The molecule has 0 bridgehead atoms. The lowest BCUT2D eigenvalue weighted by Gasteiger charge is -2.28. The van der Waals surface area contributed by atoms with Crippen LogP contribution in [-0.2, 0) is 4.74 Å². The van der Waals surface area contributed by atoms with E-state index in [1.54, 1.807) is 24.7 Å². The van der Waals surface area contributed by atoms with E-state index in [9.17, 15) is 4.79 Å². The zero-order valence-electron chi connectivity index (χ0n) is 20.5. The fourth-order valence-corrected chi connectivity index (χ4v) is 3.71. The van der Waals surface area contributed by atoms with Gasteiger partial charge in [-0.2, -0.15) is 15.0 Å². The Bertz CT molecular complexity index is 1060. The molecule has 3 rings (SSSR count). The number of amides is 1. The molecule has 1 unspecified atom stereocenters. The minimum atomic E-state index is -0.127. The summed E-state index contributed by atoms with van der Waals surface area (Å²) >= 11 is 6.02. The standard InChI is InChI=1S/C25H33ClN6O2/c1-6-21(5)34-25(27-11-9-19(3)26)30-14-10-20(4)31(16-15-30)24(33)22-17-18(2)7-8-23(22)32-28-12-13-29-32/h6-9,11-13,17,19-20H,10,14-16H2,1-5H3/b11-9+,21-6+,27-25?/t19?,20-/m1/s1. The lowest BCUT2D eigenvalue weighted by Crippen LogP contribution is -2.41. The normalized spacial score (nSPS) is 18.8. The van der Waals surface area contributed by atoms with Crippen molar-refractivity contribution in [1.82, 2.24) is 24.8 Å². The molecule has 1 amide bonds. The zero-order chi connectivity index (χ0) is 24.7. The predicted octanol–water partition coefficient (Wildman–Crippen LogP) is 4.55. The molecule has 8 nitrogen and oxygen atoms in total. The first-order valence-electron chi connectivity index (χ1n) is 11.5. The van der Waals surface area contributed by atoms with Gasteiger partial charge in [0.15, 0.2) is 0 Å². The number of hydrogen-bond donors (Lipinski definition) is 0. The fourth-order valence-electron chi connectivity index (χ4n) is 3.64. The number of allylic oxidation sites excluding steroid dienone is 3. The molecule has 0 spiro atoms. The van der Waals surface area contributed by atoms with Gasteiger partial charge in [0.1, 0.15) is 5.76 Å². The Hall–Kier alpha value is -3.13. The highest BCUT2D eigenvalue weighted by Gasteiger charge is 2.29. The van der Waals surface area contributed by atoms with Crippen LogP contribution >= 0.6 is 11.6 Å². The molecule has 1 aromatic carbocycles. The van der Waals surface area contributed by atoms with Crippen molar-refractivity contribution in [3.05, 3.63) is 65.8 Å². The van der Waals surface area contributed by atoms with Crippen LogP contribution in [0.2, 0.25) is 0 Å². The van der Waals surface area contributed by atoms with Crippen LogP contribution in [0, 0.1) is 6.92 Å². The molecule has 0 aliphatic carbocycles. The van der Waals surface area contributed by atoms with Crippen molar-refractivity contribution < 1.29 is 9.53 Å². The van der Waals surface area contributed by atoms with Crippen molar-refractivity contribution in [2.75, 3.05) is 19.6 Å². The van der Waals surface area contributed by atoms with Crippen LogP contribution in [0.5, 0.6) is 0 Å². The maximum atomic E-state index is 13.7. The highest BCUT2D eigenvalue weighted by Crippen LogP contribution is 2.21. The van der Waals surface area contributed by atoms with E-state index in [-0.39, 0.29) is 17.3 Å². The van der Waals surface area contributed by atoms with Gasteiger partial charge in [0.25, 0.3) is 11.9 Å². The van der Waals surface area contributed by atoms with Gasteiger partial charge in [0.05, 0.1) is 29.0 Å². The van der Waals surface area contributed by atoms with E-state index in [0.717, 1.165) is 17.7 Å². The molecule has 1 saturated heterocycles. The molecule has 182 valence electrons. The number of aryl methyl sites for hydroxylation is 1. The third kappa shape index (κ3) is 6.47. The molecule has 1 aliphatic heterocycles. The van der Waals surface area contributed by atoms with Crippen molar-refractivity contribution in [3.8, 4) is 5.69 Å². The maximum Gasteiger partial charge on any atom is 0.297 e. The Morgan fingerprint density at radius 2 is 2.00 bits per heavy atom. The van der Waals surface area contributed by atoms with Gasteiger partial charge in [0, 0.05) is 31.9 Å². The van der Waals surface area contributed by atoms with Gasteiger partial charge in [-0.25, -0.2) is 4.99 Å². The number of benzene rings is 1. The third-order valence-corrected chi connectivity index (χ3v) is 5.85. The van der Waals surface area contributed by atoms with Gasteiger partial charge in [-0.05, 0) is 65.3 Å². The number of hydrogen-bond acceptors (Lipinski definition) is 5. The maximum absolute atomic E-state index is 13.7. The van der Waals surface area contributed by atoms with Crippen molar-refractivity contribution in [1.29, 1.82) is 0 Å². The third-order valence-electron chi connectivity index (χ3n) is 5.70. The molecular formula is C25H33ClN6O2. The number of aliphatic imine (C=N–C) groups is 1. The molecule has 1 fully saturated rings. The first-order chi connectivity index (χ1) is 16.3. The molecule has 0 N–H and O–H groups in total. The number of halogens is 1. The molecule has 9 heteroatoms. The molecular weight excluding hydrogens is 452 g/mol. The molecule has 2 atom stereocenters. The van der Waals surface area contributed by atoms with Crippen molar-refractivity contribution in [3.63, 3.8) is 0 Å². The summed E-state index contributed by atoms with van der Waals surface area (Å²) in [5.41, 5.74) is 2.27. The van der Waals surface area contributed by atoms with Gasteiger partial charge >= 0.3 is 0 Å². The number of rotatable bonds is 5. The Morgan fingerprint density at radius 1 is 1.26 bits per heavy atom. The van der Waals surface area contributed by atoms with Crippen LogP contribution in [0.4, 0.5) is 0 Å². The lowest BCUT2D eigenvalue weighted by molar-refractivity contribution is 0.0702. The highest BCUT2D eigenvalue weighted by molar-refractivity contribution is 6.21. The minimum absolute atomic E-state index is 0.0368. The summed E-state index contributed by atoms with van der Waals surface area (Å²) in [6.45, 7) is 11.6. The summed E-state index contributed by atoms with van der Waals surface area (Å²) in [4.78, 5) is 23.7. The van der Waals surface area contributed by atoms with E-state index in [1.807, 2.05) is 56.9 Å². The van der Waals surface area contributed by atoms with Gasteiger partial charge < -0.3 is 14.5 Å². The molecule has 1 aromatic heterocycles. The van der Waals surface area contributed by atoms with Crippen LogP contribution in [0.15, 0.2) is 59.7 Å². The number of amidine groups is 1. The second-order valence-corrected chi connectivity index (χ2v) is 9.08. The first kappa shape index (κ1) is 25.5. The Labute approximate surface area is 206 Å². The average molecular weight is 485 g/mol. The van der Waals surface area contributed by atoms with Crippen LogP contribution in [0.3, 0.4) is 0 Å². The fraction of sp³-hybridized carbons (Fsp3) is 0.440. The molecule has 2 heterocycles. The lowest BCUT2D eigenvalue weighted by atomic mass is 10.1. The van der Waals surface area contributed by atoms with E-state index in [1.165, 1.54) is 4.80 Å². The van der Waals surface area contributed by atoms with E-state index in [2.05, 4.69) is 27.0 Å². The van der Waals surface area contributed by atoms with E-state index < -0.39 is 0 Å². The summed E-state index contributed by atoms with van der Waals surface area (Å²) in [5, 5.41) is 8.33. The van der Waals surface area contributed by atoms with E-state index in [4.69, 9.17) is 16.3 Å². The van der Waals surface area contributed by atoms with Gasteiger partial charge in [-0.3, -0.25) is 4.79 Å². The number of alkyl halides is 1. The SMILES string of the molecule is C/C=C(\C)OC(=N/C=C/C(C)Cl)N1CC[C@@H](C)N(C(=O)c2cc(C)ccc2-n2nccn2)CC1. The van der Waals surface area contributed by atoms with Crippen molar-refractivity contribution in [2.45, 2.75) is 52.5 Å². The Kier molecular flexibility index (Phi) is 8.87. The highest BCUT2D eigenvalue weighted by atomic mass is 35.5. The second-order valence-electron chi connectivity index (χ2n) is 8.39. The van der Waals surface area contributed by atoms with Crippen LogP contribution < -0.4 is 0 Å². The largest absolute Gasteiger partial charge is 0.431 e. The first-order valence-corrected chi connectivity index (χ1v) is 12.0. The predicted molar refractivity (Wildman–Crippen MR) is 135 cm³/mol. The summed E-state index contributed by atoms with van der Waals surface area (Å²) in [5.74, 6) is 0.720. The Morgan fingerprint density at radius 3 is 2.68 bits per heavy atom. The summed E-state index contributed by atoms with van der Waals surface area (Å²) in [6, 6.07) is 6.29. The van der Waals surface area contributed by atoms with Crippen LogP contribution in [-0.4, -0.2) is 67.8 Å². The monoisotopic (exact) mass is 484 g/mol. The zero-order valence-corrected chi connectivity index (χ0v) is 21.2. The van der Waals surface area contributed by atoms with Gasteiger partial charge in [-0.1, -0.05) is 11.6 Å². The van der Waals surface area contributed by atoms with Crippen molar-refractivity contribution in [2.24, 2.45) is 4.99 Å². The van der Waals surface area contributed by atoms with Gasteiger partial charge in [-0.15, -0.1) is 11.6 Å². The number of carbonyl (C=O) groups is 1. The number of carbonyl (C=O) groups excluding carboxylic acids is 1. The van der Waals surface area contributed by atoms with E-state index in [0.29, 0.717) is 36.9 Å². The molecule has 0 saturated carbocycles. The summed E-state index contributed by atoms with van der Waals surface area (Å²) < 4.78 is 6.00. The minimum Gasteiger partial charge on any atom is -0.431 e. The van der Waals surface area contributed by atoms with Crippen LogP contribution in [0.1, 0.15) is 50.0 Å².